The lowest BCUT2D eigenvalue weighted by Gasteiger charge is -2.22. The van der Waals surface area contributed by atoms with Crippen LogP contribution in [0, 0.1) is 0 Å². The lowest BCUT2D eigenvalue weighted by atomic mass is 10.2. The number of aromatic nitrogens is 1. The molecule has 1 saturated carbocycles. The van der Waals surface area contributed by atoms with Gasteiger partial charge in [0, 0.05) is 23.1 Å². The van der Waals surface area contributed by atoms with Gasteiger partial charge in [-0.25, -0.2) is 13.6 Å². The number of carbonyl (C=O) groups excluding carboxylic acids is 1. The number of aromatic amines is 1. The molecule has 0 radical (unpaired) electrons. The van der Waals surface area contributed by atoms with E-state index in [1.54, 1.807) is 12.3 Å². The third-order valence-electron chi connectivity index (χ3n) is 3.42. The maximum Gasteiger partial charge on any atom is 0.322 e. The highest BCUT2D eigenvalue weighted by molar-refractivity contribution is 6.00. The van der Waals surface area contributed by atoms with Gasteiger partial charge in [-0.05, 0) is 31.0 Å². The van der Waals surface area contributed by atoms with Gasteiger partial charge in [0.1, 0.15) is 0 Å². The number of hydrogen-bond donors (Lipinski definition) is 2. The highest BCUT2D eigenvalue weighted by Gasteiger charge is 2.34. The number of rotatable bonds is 4. The largest absolute Gasteiger partial charge is 0.361 e. The summed E-state index contributed by atoms with van der Waals surface area (Å²) in [5.41, 5.74) is 1.53. The van der Waals surface area contributed by atoms with Crippen molar-refractivity contribution in [1.29, 1.82) is 0 Å². The number of fused-ring (bicyclic) bond motifs is 1. The summed E-state index contributed by atoms with van der Waals surface area (Å²) in [6.07, 6.45) is 0.866. The smallest absolute Gasteiger partial charge is 0.322 e. The SMILES string of the molecule is O=C(Nc1cccc2[nH]ccc12)N(CC(F)F)C1CC1. The van der Waals surface area contributed by atoms with E-state index in [9.17, 15) is 13.6 Å². The van der Waals surface area contributed by atoms with Gasteiger partial charge >= 0.3 is 6.03 Å². The molecular formula is C14H15F2N3O. The Morgan fingerprint density at radius 3 is 2.90 bits per heavy atom. The van der Waals surface area contributed by atoms with E-state index in [-0.39, 0.29) is 6.04 Å². The van der Waals surface area contributed by atoms with Crippen LogP contribution in [-0.2, 0) is 0 Å². The summed E-state index contributed by atoms with van der Waals surface area (Å²) in [6.45, 7) is -0.514. The molecule has 1 heterocycles. The fourth-order valence-electron chi connectivity index (χ4n) is 2.31. The lowest BCUT2D eigenvalue weighted by molar-refractivity contribution is 0.0994. The van der Waals surface area contributed by atoms with Gasteiger partial charge in [-0.15, -0.1) is 0 Å². The number of nitrogens with one attached hydrogen (secondary N) is 2. The quantitative estimate of drug-likeness (QED) is 0.885. The summed E-state index contributed by atoms with van der Waals surface area (Å²) >= 11 is 0. The molecule has 0 aliphatic heterocycles. The number of amides is 2. The minimum Gasteiger partial charge on any atom is -0.361 e. The monoisotopic (exact) mass is 279 g/mol. The van der Waals surface area contributed by atoms with Gasteiger partial charge in [-0.1, -0.05) is 6.07 Å². The van der Waals surface area contributed by atoms with Crippen molar-refractivity contribution >= 4 is 22.6 Å². The number of anilines is 1. The summed E-state index contributed by atoms with van der Waals surface area (Å²) in [5.74, 6) is 0. The van der Waals surface area contributed by atoms with Crippen LogP contribution in [0.4, 0.5) is 19.3 Å². The molecule has 2 amide bonds. The van der Waals surface area contributed by atoms with Crippen LogP contribution < -0.4 is 5.32 Å². The van der Waals surface area contributed by atoms with E-state index in [0.717, 1.165) is 23.7 Å². The molecule has 0 bridgehead atoms. The van der Waals surface area contributed by atoms with E-state index >= 15 is 0 Å². The summed E-state index contributed by atoms with van der Waals surface area (Å²) < 4.78 is 25.1. The van der Waals surface area contributed by atoms with Crippen molar-refractivity contribution in [2.24, 2.45) is 0 Å². The zero-order valence-corrected chi connectivity index (χ0v) is 10.8. The second-order valence-corrected chi connectivity index (χ2v) is 4.95. The Morgan fingerprint density at radius 1 is 1.40 bits per heavy atom. The second kappa shape index (κ2) is 5.11. The third-order valence-corrected chi connectivity index (χ3v) is 3.42. The highest BCUT2D eigenvalue weighted by Crippen LogP contribution is 2.29. The summed E-state index contributed by atoms with van der Waals surface area (Å²) in [6, 6.07) is 6.81. The average molecular weight is 279 g/mol. The zero-order valence-electron chi connectivity index (χ0n) is 10.8. The van der Waals surface area contributed by atoms with Gasteiger partial charge in [0.25, 0.3) is 6.43 Å². The molecule has 0 atom stereocenters. The molecular weight excluding hydrogens is 264 g/mol. The molecule has 2 N–H and O–H groups in total. The normalized spacial score (nSPS) is 14.8. The Hall–Kier alpha value is -2.11. The van der Waals surface area contributed by atoms with Gasteiger partial charge in [0.2, 0.25) is 0 Å². The topological polar surface area (TPSA) is 48.1 Å². The molecule has 3 rings (SSSR count). The van der Waals surface area contributed by atoms with Gasteiger partial charge in [0.05, 0.1) is 12.2 Å². The second-order valence-electron chi connectivity index (χ2n) is 4.95. The van der Waals surface area contributed by atoms with Crippen LogP contribution in [0.5, 0.6) is 0 Å². The Balaban J connectivity index is 1.78. The van der Waals surface area contributed by atoms with E-state index in [1.807, 2.05) is 18.2 Å². The number of urea groups is 1. The molecule has 1 aromatic heterocycles. The number of H-pyrrole nitrogens is 1. The number of halogens is 2. The van der Waals surface area contributed by atoms with Gasteiger partial charge < -0.3 is 15.2 Å². The first kappa shape index (κ1) is 12.9. The number of carbonyl (C=O) groups is 1. The molecule has 1 fully saturated rings. The molecule has 20 heavy (non-hydrogen) atoms. The van der Waals surface area contributed by atoms with E-state index in [1.165, 1.54) is 4.90 Å². The predicted molar refractivity (Wildman–Crippen MR) is 73.0 cm³/mol. The molecule has 6 heteroatoms. The first-order valence-corrected chi connectivity index (χ1v) is 6.57. The molecule has 106 valence electrons. The average Bonchev–Trinajstić information content (AvgIpc) is 3.13. The maximum absolute atomic E-state index is 12.5. The van der Waals surface area contributed by atoms with Crippen LogP contribution in [0.25, 0.3) is 10.9 Å². The highest BCUT2D eigenvalue weighted by atomic mass is 19.3. The minimum absolute atomic E-state index is 0.0468. The van der Waals surface area contributed by atoms with E-state index in [4.69, 9.17) is 0 Å². The Bertz CT molecular complexity index is 622. The third kappa shape index (κ3) is 2.59. The first-order valence-electron chi connectivity index (χ1n) is 6.57. The fourth-order valence-corrected chi connectivity index (χ4v) is 2.31. The molecule has 1 aromatic carbocycles. The van der Waals surface area contributed by atoms with E-state index in [0.29, 0.717) is 5.69 Å². The molecule has 0 saturated heterocycles. The number of hydrogen-bond acceptors (Lipinski definition) is 1. The van der Waals surface area contributed by atoms with Crippen LogP contribution in [0.3, 0.4) is 0 Å². The van der Waals surface area contributed by atoms with Gasteiger partial charge in [0.15, 0.2) is 0 Å². The fraction of sp³-hybridized carbons (Fsp3) is 0.357. The first-order chi connectivity index (χ1) is 9.65. The van der Waals surface area contributed by atoms with Gasteiger partial charge in [-0.2, -0.15) is 0 Å². The van der Waals surface area contributed by atoms with Gasteiger partial charge in [-0.3, -0.25) is 0 Å². The van der Waals surface area contributed by atoms with Crippen molar-refractivity contribution in [1.82, 2.24) is 9.88 Å². The van der Waals surface area contributed by atoms with Crippen LogP contribution in [0.1, 0.15) is 12.8 Å². The van der Waals surface area contributed by atoms with Crippen molar-refractivity contribution in [3.63, 3.8) is 0 Å². The lowest BCUT2D eigenvalue weighted by Crippen LogP contribution is -2.39. The van der Waals surface area contributed by atoms with E-state index < -0.39 is 19.0 Å². The summed E-state index contributed by atoms with van der Waals surface area (Å²) in [5, 5.41) is 3.60. The molecule has 2 aromatic rings. The molecule has 0 unspecified atom stereocenters. The van der Waals surface area contributed by atoms with Crippen LogP contribution in [0.2, 0.25) is 0 Å². The molecule has 1 aliphatic carbocycles. The zero-order chi connectivity index (χ0) is 14.1. The Morgan fingerprint density at radius 2 is 2.20 bits per heavy atom. The minimum atomic E-state index is -2.51. The van der Waals surface area contributed by atoms with Crippen LogP contribution >= 0.6 is 0 Å². The summed E-state index contributed by atoms with van der Waals surface area (Å²) in [7, 11) is 0. The number of alkyl halides is 2. The predicted octanol–water partition coefficient (Wildman–Crippen LogP) is 3.43. The molecule has 0 spiro atoms. The molecule has 4 nitrogen and oxygen atoms in total. The van der Waals surface area contributed by atoms with E-state index in [2.05, 4.69) is 10.3 Å². The maximum atomic E-state index is 12.5. The summed E-state index contributed by atoms with van der Waals surface area (Å²) in [4.78, 5) is 16.4. The number of nitrogens with zero attached hydrogens (tertiary/aromatic N) is 1. The Labute approximate surface area is 114 Å². The standard InChI is InChI=1S/C14H15F2N3O/c15-13(16)8-19(9-4-5-9)14(20)18-12-3-1-2-11-10(12)6-7-17-11/h1-3,6-7,9,13,17H,4-5,8H2,(H,18,20). The van der Waals surface area contributed by atoms with Crippen molar-refractivity contribution < 1.29 is 13.6 Å². The van der Waals surface area contributed by atoms with Crippen LogP contribution in [0.15, 0.2) is 30.5 Å². The number of benzene rings is 1. The van der Waals surface area contributed by atoms with Crippen molar-refractivity contribution in [3.8, 4) is 0 Å². The van der Waals surface area contributed by atoms with Crippen molar-refractivity contribution in [3.05, 3.63) is 30.5 Å². The van der Waals surface area contributed by atoms with Crippen molar-refractivity contribution in [2.75, 3.05) is 11.9 Å². The Kier molecular flexibility index (Phi) is 3.30. The molecule has 1 aliphatic rings. The van der Waals surface area contributed by atoms with Crippen LogP contribution in [-0.4, -0.2) is 34.9 Å². The van der Waals surface area contributed by atoms with Crippen molar-refractivity contribution in [2.45, 2.75) is 25.3 Å².